The lowest BCUT2D eigenvalue weighted by Gasteiger charge is -2.31. The maximum atomic E-state index is 13.2. The maximum absolute atomic E-state index is 13.2. The van der Waals surface area contributed by atoms with Crippen LogP contribution >= 0.6 is 11.8 Å². The average Bonchev–Trinajstić information content (AvgIpc) is 2.91. The van der Waals surface area contributed by atoms with Crippen molar-refractivity contribution in [2.45, 2.75) is 26.7 Å². The highest BCUT2D eigenvalue weighted by molar-refractivity contribution is 7.99. The number of nitrogens with zero attached hydrogens (tertiary/aromatic N) is 1. The summed E-state index contributed by atoms with van der Waals surface area (Å²) in [6, 6.07) is 14.3. The molecular formula is C27H28N2O8S. The zero-order chi connectivity index (χ0) is 27.7. The Bertz CT molecular complexity index is 1270. The van der Waals surface area contributed by atoms with E-state index in [1.165, 1.54) is 30.0 Å². The predicted octanol–water partition coefficient (Wildman–Crippen LogP) is 4.48. The third-order valence-electron chi connectivity index (χ3n) is 5.58. The summed E-state index contributed by atoms with van der Waals surface area (Å²) >= 11 is 1.23. The molecule has 1 N–H and O–H groups in total. The molecule has 2 aromatic carbocycles. The highest BCUT2D eigenvalue weighted by atomic mass is 32.2. The lowest BCUT2D eigenvalue weighted by Crippen LogP contribution is -2.34. The molecule has 0 saturated heterocycles. The van der Waals surface area contributed by atoms with Gasteiger partial charge in [0.15, 0.2) is 0 Å². The first-order chi connectivity index (χ1) is 18.3. The lowest BCUT2D eigenvalue weighted by atomic mass is 9.80. The number of ether oxygens (including phenoxy) is 3. The number of hydrogen-bond donors (Lipinski definition) is 1. The molecule has 1 unspecified atom stereocenters. The van der Waals surface area contributed by atoms with Gasteiger partial charge in [-0.05, 0) is 38.5 Å². The van der Waals surface area contributed by atoms with Gasteiger partial charge in [-0.2, -0.15) is 0 Å². The fourth-order valence-corrected chi connectivity index (χ4v) is 4.69. The molecule has 1 atom stereocenters. The first-order valence-electron chi connectivity index (χ1n) is 11.9. The Labute approximate surface area is 224 Å². The number of hydrogen-bond acceptors (Lipinski definition) is 10. The number of allylic oxidation sites excluding steroid dienone is 1. The summed E-state index contributed by atoms with van der Waals surface area (Å²) in [7, 11) is 0. The quantitative estimate of drug-likeness (QED) is 0.109. The van der Waals surface area contributed by atoms with E-state index in [1.807, 2.05) is 0 Å². The molecule has 1 heterocycles. The number of carbonyl (C=O) groups is 3. The standard InChI is InChI=1S/C27H28N2O8S/c1-4-35-26(31)22-17(3)28-21(15-38-16-37-25(30)18-10-7-6-8-11-18)24(27(32)36-5-2)23(22)19-12-9-13-20(14-19)29(33)34/h6-14,23,28H,4-5,15-16H2,1-3H3. The van der Waals surface area contributed by atoms with Crippen LogP contribution in [0.15, 0.2) is 77.1 Å². The molecule has 0 saturated carbocycles. The van der Waals surface area contributed by atoms with Gasteiger partial charge in [0.25, 0.3) is 5.69 Å². The van der Waals surface area contributed by atoms with Crippen LogP contribution in [0, 0.1) is 10.1 Å². The van der Waals surface area contributed by atoms with Crippen LogP contribution in [0.25, 0.3) is 0 Å². The molecule has 0 spiro atoms. The van der Waals surface area contributed by atoms with Crippen molar-refractivity contribution in [3.63, 3.8) is 0 Å². The van der Waals surface area contributed by atoms with Crippen molar-refractivity contribution < 1.29 is 33.5 Å². The van der Waals surface area contributed by atoms with E-state index in [0.29, 0.717) is 22.5 Å². The topological polar surface area (TPSA) is 134 Å². The molecule has 0 fully saturated rings. The van der Waals surface area contributed by atoms with E-state index in [9.17, 15) is 24.5 Å². The third-order valence-corrected chi connectivity index (χ3v) is 6.36. The fraction of sp³-hybridized carbons (Fsp3) is 0.296. The summed E-state index contributed by atoms with van der Waals surface area (Å²) in [6.07, 6.45) is 0. The van der Waals surface area contributed by atoms with Gasteiger partial charge in [-0.25, -0.2) is 14.4 Å². The minimum Gasteiger partial charge on any atom is -0.463 e. The zero-order valence-electron chi connectivity index (χ0n) is 21.2. The largest absolute Gasteiger partial charge is 0.463 e. The number of rotatable bonds is 11. The molecule has 0 amide bonds. The molecule has 11 heteroatoms. The molecule has 10 nitrogen and oxygen atoms in total. The number of dihydropyridines is 1. The monoisotopic (exact) mass is 540 g/mol. The molecule has 0 aliphatic carbocycles. The van der Waals surface area contributed by atoms with E-state index < -0.39 is 28.7 Å². The molecule has 0 aromatic heterocycles. The van der Waals surface area contributed by atoms with Gasteiger partial charge in [-0.15, -0.1) is 11.8 Å². The van der Waals surface area contributed by atoms with Gasteiger partial charge < -0.3 is 19.5 Å². The number of nitro benzene ring substituents is 1. The van der Waals surface area contributed by atoms with Crippen molar-refractivity contribution in [2.24, 2.45) is 0 Å². The second-order valence-electron chi connectivity index (χ2n) is 8.05. The van der Waals surface area contributed by atoms with E-state index in [1.54, 1.807) is 57.2 Å². The van der Waals surface area contributed by atoms with Crippen LogP contribution in [0.1, 0.15) is 42.6 Å². The zero-order valence-corrected chi connectivity index (χ0v) is 22.0. The van der Waals surface area contributed by atoms with Gasteiger partial charge in [0, 0.05) is 29.3 Å². The first-order valence-corrected chi connectivity index (χ1v) is 13.0. The van der Waals surface area contributed by atoms with E-state index in [0.717, 1.165) is 0 Å². The van der Waals surface area contributed by atoms with Gasteiger partial charge >= 0.3 is 17.9 Å². The average molecular weight is 541 g/mol. The van der Waals surface area contributed by atoms with E-state index in [2.05, 4.69) is 5.32 Å². The number of nitrogens with one attached hydrogen (secondary N) is 1. The molecule has 0 bridgehead atoms. The summed E-state index contributed by atoms with van der Waals surface area (Å²) < 4.78 is 15.9. The predicted molar refractivity (Wildman–Crippen MR) is 141 cm³/mol. The Kier molecular flexibility index (Phi) is 10.1. The third kappa shape index (κ3) is 6.80. The highest BCUT2D eigenvalue weighted by Gasteiger charge is 2.39. The van der Waals surface area contributed by atoms with Crippen molar-refractivity contribution in [3.8, 4) is 0 Å². The first kappa shape index (κ1) is 28.5. The minimum atomic E-state index is -0.975. The molecule has 1 aliphatic heterocycles. The molecule has 3 rings (SSSR count). The van der Waals surface area contributed by atoms with Crippen LogP contribution in [0.4, 0.5) is 5.69 Å². The highest BCUT2D eigenvalue weighted by Crippen LogP contribution is 2.41. The molecule has 38 heavy (non-hydrogen) atoms. The summed E-state index contributed by atoms with van der Waals surface area (Å²) in [5.41, 5.74) is 1.75. The lowest BCUT2D eigenvalue weighted by molar-refractivity contribution is -0.384. The van der Waals surface area contributed by atoms with Crippen molar-refractivity contribution in [3.05, 3.63) is 98.4 Å². The van der Waals surface area contributed by atoms with Crippen LogP contribution in [0.2, 0.25) is 0 Å². The smallest absolute Gasteiger partial charge is 0.338 e. The van der Waals surface area contributed by atoms with Crippen molar-refractivity contribution in [2.75, 3.05) is 24.9 Å². The number of esters is 3. The van der Waals surface area contributed by atoms with Crippen LogP contribution in [0.5, 0.6) is 0 Å². The van der Waals surface area contributed by atoms with Gasteiger partial charge in [0.1, 0.15) is 5.94 Å². The second-order valence-corrected chi connectivity index (χ2v) is 8.98. The normalized spacial score (nSPS) is 15.0. The number of benzene rings is 2. The van der Waals surface area contributed by atoms with Gasteiger partial charge in [-0.3, -0.25) is 10.1 Å². The summed E-state index contributed by atoms with van der Waals surface area (Å²) in [5.74, 6) is -2.58. The number of nitro groups is 1. The SMILES string of the molecule is CCOC(=O)C1=C(C)NC(CSCOC(=O)c2ccccc2)=C(C(=O)OCC)C1c1cccc([N+](=O)[O-])c1. The Morgan fingerprint density at radius 1 is 0.921 bits per heavy atom. The minimum absolute atomic E-state index is 0.00395. The fourth-order valence-electron chi connectivity index (χ4n) is 3.99. The van der Waals surface area contributed by atoms with Crippen LogP contribution in [0.3, 0.4) is 0 Å². The molecule has 1 aliphatic rings. The number of carbonyl (C=O) groups excluding carboxylic acids is 3. The summed E-state index contributed by atoms with van der Waals surface area (Å²) in [5, 5.41) is 14.6. The van der Waals surface area contributed by atoms with Crippen molar-refractivity contribution in [1.29, 1.82) is 0 Å². The molecule has 0 radical (unpaired) electrons. The van der Waals surface area contributed by atoms with Gasteiger partial charge in [0.2, 0.25) is 0 Å². The Hall–Kier alpha value is -4.12. The summed E-state index contributed by atoms with van der Waals surface area (Å²) in [6.45, 7) is 5.16. The molecular weight excluding hydrogens is 512 g/mol. The summed E-state index contributed by atoms with van der Waals surface area (Å²) in [4.78, 5) is 49.5. The molecule has 200 valence electrons. The van der Waals surface area contributed by atoms with E-state index in [-0.39, 0.29) is 41.7 Å². The Morgan fingerprint density at radius 2 is 1.58 bits per heavy atom. The number of thioether (sulfide) groups is 1. The van der Waals surface area contributed by atoms with Crippen LogP contribution in [-0.2, 0) is 23.8 Å². The Balaban J connectivity index is 1.97. The molecule has 2 aromatic rings. The second kappa shape index (κ2) is 13.4. The van der Waals surface area contributed by atoms with Gasteiger partial charge in [-0.1, -0.05) is 30.3 Å². The van der Waals surface area contributed by atoms with Crippen molar-refractivity contribution in [1.82, 2.24) is 5.32 Å². The van der Waals surface area contributed by atoms with E-state index >= 15 is 0 Å². The van der Waals surface area contributed by atoms with Gasteiger partial charge in [0.05, 0.1) is 40.8 Å². The van der Waals surface area contributed by atoms with Crippen LogP contribution < -0.4 is 5.32 Å². The number of non-ortho nitro benzene ring substituents is 1. The Morgan fingerprint density at radius 3 is 2.21 bits per heavy atom. The van der Waals surface area contributed by atoms with E-state index in [4.69, 9.17) is 14.2 Å². The van der Waals surface area contributed by atoms with Crippen LogP contribution in [-0.4, -0.2) is 47.7 Å². The van der Waals surface area contributed by atoms with Crippen molar-refractivity contribution >= 4 is 35.4 Å². The maximum Gasteiger partial charge on any atom is 0.338 e.